The van der Waals surface area contributed by atoms with Crippen molar-refractivity contribution in [3.63, 3.8) is 0 Å². The van der Waals surface area contributed by atoms with Crippen molar-refractivity contribution in [2.24, 2.45) is 0 Å². The van der Waals surface area contributed by atoms with E-state index in [9.17, 15) is 13.2 Å². The van der Waals surface area contributed by atoms with Gasteiger partial charge in [0, 0.05) is 25.2 Å². The standard InChI is InChI=1S/C10H19N3O3S/c1-17(15,16)13(9-4-5-9)7-6-11-10(14)12-8-2-3-8/h8-9H,2-7H2,1H3,(H2,11,12,14). The second kappa shape index (κ2) is 4.81. The average Bonchev–Trinajstić information content (AvgIpc) is 3.03. The van der Waals surface area contributed by atoms with E-state index in [1.54, 1.807) is 0 Å². The van der Waals surface area contributed by atoms with Crippen LogP contribution in [0.25, 0.3) is 0 Å². The molecule has 0 aromatic heterocycles. The number of hydrogen-bond donors (Lipinski definition) is 2. The molecule has 0 aromatic rings. The van der Waals surface area contributed by atoms with Gasteiger partial charge in [0.1, 0.15) is 0 Å². The number of hydrogen-bond acceptors (Lipinski definition) is 3. The highest BCUT2D eigenvalue weighted by atomic mass is 32.2. The zero-order valence-electron chi connectivity index (χ0n) is 9.98. The van der Waals surface area contributed by atoms with Gasteiger partial charge in [-0.05, 0) is 25.7 Å². The Kier molecular flexibility index (Phi) is 3.58. The van der Waals surface area contributed by atoms with Gasteiger partial charge in [0.05, 0.1) is 6.26 Å². The maximum atomic E-state index is 11.5. The Labute approximate surface area is 102 Å². The number of sulfonamides is 1. The van der Waals surface area contributed by atoms with Crippen LogP contribution < -0.4 is 10.6 Å². The van der Waals surface area contributed by atoms with Gasteiger partial charge in [-0.3, -0.25) is 0 Å². The lowest BCUT2D eigenvalue weighted by Gasteiger charge is -2.19. The normalized spacial score (nSPS) is 20.4. The first kappa shape index (κ1) is 12.6. The highest BCUT2D eigenvalue weighted by molar-refractivity contribution is 7.88. The van der Waals surface area contributed by atoms with Crippen LogP contribution in [0.4, 0.5) is 4.79 Å². The van der Waals surface area contributed by atoms with Crippen LogP contribution in [0.5, 0.6) is 0 Å². The van der Waals surface area contributed by atoms with Crippen molar-refractivity contribution in [2.75, 3.05) is 19.3 Å². The quantitative estimate of drug-likeness (QED) is 0.699. The van der Waals surface area contributed by atoms with E-state index in [0.29, 0.717) is 19.1 Å². The van der Waals surface area contributed by atoms with Crippen molar-refractivity contribution in [2.45, 2.75) is 37.8 Å². The molecule has 0 atom stereocenters. The van der Waals surface area contributed by atoms with Crippen molar-refractivity contribution >= 4 is 16.1 Å². The Morgan fingerprint density at radius 2 is 1.94 bits per heavy atom. The third-order valence-electron chi connectivity index (χ3n) is 2.91. The molecule has 0 bridgehead atoms. The molecule has 2 saturated carbocycles. The molecule has 2 rings (SSSR count). The summed E-state index contributed by atoms with van der Waals surface area (Å²) in [4.78, 5) is 11.3. The summed E-state index contributed by atoms with van der Waals surface area (Å²) >= 11 is 0. The van der Waals surface area contributed by atoms with Crippen molar-refractivity contribution in [3.05, 3.63) is 0 Å². The molecule has 0 saturated heterocycles. The lowest BCUT2D eigenvalue weighted by atomic mass is 10.5. The molecule has 2 aliphatic carbocycles. The second-order valence-electron chi connectivity index (χ2n) is 4.78. The van der Waals surface area contributed by atoms with E-state index in [2.05, 4.69) is 10.6 Å². The van der Waals surface area contributed by atoms with E-state index >= 15 is 0 Å². The zero-order chi connectivity index (χ0) is 12.5. The summed E-state index contributed by atoms with van der Waals surface area (Å²) in [7, 11) is -3.15. The Morgan fingerprint density at radius 1 is 1.29 bits per heavy atom. The van der Waals surface area contributed by atoms with E-state index in [-0.39, 0.29) is 12.1 Å². The maximum Gasteiger partial charge on any atom is 0.315 e. The van der Waals surface area contributed by atoms with Gasteiger partial charge in [0.25, 0.3) is 0 Å². The summed E-state index contributed by atoms with van der Waals surface area (Å²) in [6.07, 6.45) is 5.17. The number of amides is 2. The largest absolute Gasteiger partial charge is 0.337 e. The Hall–Kier alpha value is -0.820. The highest BCUT2D eigenvalue weighted by Gasteiger charge is 2.34. The number of nitrogens with one attached hydrogen (secondary N) is 2. The van der Waals surface area contributed by atoms with Crippen LogP contribution in [0.2, 0.25) is 0 Å². The maximum absolute atomic E-state index is 11.5. The fourth-order valence-electron chi connectivity index (χ4n) is 1.73. The molecule has 2 fully saturated rings. The molecule has 6 nitrogen and oxygen atoms in total. The topological polar surface area (TPSA) is 78.5 Å². The van der Waals surface area contributed by atoms with Gasteiger partial charge in [0.2, 0.25) is 10.0 Å². The summed E-state index contributed by atoms with van der Waals surface area (Å²) in [5, 5.41) is 5.48. The first-order valence-corrected chi connectivity index (χ1v) is 7.83. The van der Waals surface area contributed by atoms with Crippen LogP contribution in [0.3, 0.4) is 0 Å². The Bertz CT molecular complexity index is 388. The minimum Gasteiger partial charge on any atom is -0.337 e. The van der Waals surface area contributed by atoms with Crippen molar-refractivity contribution < 1.29 is 13.2 Å². The predicted molar refractivity (Wildman–Crippen MR) is 64.1 cm³/mol. The van der Waals surface area contributed by atoms with Crippen LogP contribution in [0.15, 0.2) is 0 Å². The molecular weight excluding hydrogens is 242 g/mol. The highest BCUT2D eigenvalue weighted by Crippen LogP contribution is 2.28. The lowest BCUT2D eigenvalue weighted by molar-refractivity contribution is 0.239. The van der Waals surface area contributed by atoms with Crippen LogP contribution in [0, 0.1) is 0 Å². The molecule has 2 N–H and O–H groups in total. The first-order chi connectivity index (χ1) is 7.97. The number of urea groups is 1. The molecule has 0 heterocycles. The number of carbonyl (C=O) groups is 1. The van der Waals surface area contributed by atoms with Crippen LogP contribution >= 0.6 is 0 Å². The van der Waals surface area contributed by atoms with Crippen molar-refractivity contribution in [1.82, 2.24) is 14.9 Å². The summed E-state index contributed by atoms with van der Waals surface area (Å²) < 4.78 is 24.4. The molecule has 0 aromatic carbocycles. The summed E-state index contributed by atoms with van der Waals surface area (Å²) in [5.41, 5.74) is 0. The molecule has 17 heavy (non-hydrogen) atoms. The molecule has 0 aliphatic heterocycles. The predicted octanol–water partition coefficient (Wildman–Crippen LogP) is -0.128. The van der Waals surface area contributed by atoms with E-state index in [0.717, 1.165) is 25.7 Å². The summed E-state index contributed by atoms with van der Waals surface area (Å²) in [6.45, 7) is 0.726. The van der Waals surface area contributed by atoms with Gasteiger partial charge >= 0.3 is 6.03 Å². The third-order valence-corrected chi connectivity index (χ3v) is 4.24. The van der Waals surface area contributed by atoms with E-state index in [1.165, 1.54) is 10.6 Å². The van der Waals surface area contributed by atoms with Gasteiger partial charge in [-0.15, -0.1) is 0 Å². The number of nitrogens with zero attached hydrogens (tertiary/aromatic N) is 1. The fraction of sp³-hybridized carbons (Fsp3) is 0.900. The molecule has 98 valence electrons. The summed E-state index contributed by atoms with van der Waals surface area (Å²) in [6, 6.07) is 0.277. The van der Waals surface area contributed by atoms with E-state index in [4.69, 9.17) is 0 Å². The van der Waals surface area contributed by atoms with Crippen LogP contribution in [0.1, 0.15) is 25.7 Å². The molecule has 0 spiro atoms. The molecule has 7 heteroatoms. The monoisotopic (exact) mass is 261 g/mol. The zero-order valence-corrected chi connectivity index (χ0v) is 10.8. The third kappa shape index (κ3) is 4.16. The molecular formula is C10H19N3O3S. The first-order valence-electron chi connectivity index (χ1n) is 5.98. The molecule has 2 aliphatic rings. The molecule has 0 unspecified atom stereocenters. The summed E-state index contributed by atoms with van der Waals surface area (Å²) in [5.74, 6) is 0. The van der Waals surface area contributed by atoms with E-state index in [1.807, 2.05) is 0 Å². The van der Waals surface area contributed by atoms with Gasteiger partial charge in [-0.2, -0.15) is 4.31 Å². The Balaban J connectivity index is 1.70. The SMILES string of the molecule is CS(=O)(=O)N(CCNC(=O)NC1CC1)C1CC1. The second-order valence-corrected chi connectivity index (χ2v) is 6.71. The van der Waals surface area contributed by atoms with Gasteiger partial charge in [0.15, 0.2) is 0 Å². The molecule has 0 radical (unpaired) electrons. The minimum absolute atomic E-state index is 0.151. The molecule has 2 amide bonds. The van der Waals surface area contributed by atoms with E-state index < -0.39 is 10.0 Å². The van der Waals surface area contributed by atoms with Crippen molar-refractivity contribution in [3.8, 4) is 0 Å². The fourth-order valence-corrected chi connectivity index (χ4v) is 2.90. The van der Waals surface area contributed by atoms with Gasteiger partial charge < -0.3 is 10.6 Å². The van der Waals surface area contributed by atoms with Gasteiger partial charge in [-0.1, -0.05) is 0 Å². The van der Waals surface area contributed by atoms with Crippen LogP contribution in [-0.2, 0) is 10.0 Å². The minimum atomic E-state index is -3.15. The Morgan fingerprint density at radius 3 is 2.41 bits per heavy atom. The smallest absolute Gasteiger partial charge is 0.315 e. The lowest BCUT2D eigenvalue weighted by Crippen LogP contribution is -2.43. The number of rotatable bonds is 6. The van der Waals surface area contributed by atoms with Crippen molar-refractivity contribution in [1.29, 1.82) is 0 Å². The van der Waals surface area contributed by atoms with Crippen LogP contribution in [-0.4, -0.2) is 50.2 Å². The average molecular weight is 261 g/mol. The van der Waals surface area contributed by atoms with Gasteiger partial charge in [-0.25, -0.2) is 13.2 Å². The number of carbonyl (C=O) groups excluding carboxylic acids is 1.